The van der Waals surface area contributed by atoms with Crippen LogP contribution in [0, 0.1) is 0 Å². The minimum Gasteiger partial charge on any atom is -0.381 e. The molecule has 0 saturated heterocycles. The van der Waals surface area contributed by atoms with Crippen LogP contribution >= 0.6 is 0 Å². The van der Waals surface area contributed by atoms with E-state index in [0.717, 1.165) is 52.7 Å². The Balaban J connectivity index is 1.23. The van der Waals surface area contributed by atoms with Crippen molar-refractivity contribution in [2.75, 3.05) is 28.2 Å². The van der Waals surface area contributed by atoms with Crippen LogP contribution in [0.15, 0.2) is 188 Å². The van der Waals surface area contributed by atoms with Gasteiger partial charge in [-0.15, -0.1) is 0 Å². The van der Waals surface area contributed by atoms with Gasteiger partial charge >= 0.3 is 0 Å². The molecule has 1 fully saturated rings. The van der Waals surface area contributed by atoms with Crippen molar-refractivity contribution in [1.29, 1.82) is 0 Å². The molecule has 2 aliphatic carbocycles. The van der Waals surface area contributed by atoms with Crippen molar-refractivity contribution >= 4 is 34.1 Å². The highest BCUT2D eigenvalue weighted by Crippen LogP contribution is 2.62. The SMILES string of the molecule is c1ccc(-c2cc(N(c3ccccc3)c3ccc4c(c3-c3cccc5c3NCCN5c3ccccc3)-c3ccccc3C43CCCC3)cc(-c3ccccc3)n2)cc1. The van der Waals surface area contributed by atoms with Crippen LogP contribution < -0.4 is 15.1 Å². The van der Waals surface area contributed by atoms with Crippen LogP contribution in [0.3, 0.4) is 0 Å². The molecule has 7 aromatic carbocycles. The van der Waals surface area contributed by atoms with E-state index in [9.17, 15) is 0 Å². The average molecular weight is 749 g/mol. The van der Waals surface area contributed by atoms with Gasteiger partial charge in [0.2, 0.25) is 0 Å². The van der Waals surface area contributed by atoms with E-state index in [1.54, 1.807) is 0 Å². The van der Waals surface area contributed by atoms with Crippen LogP contribution in [0.25, 0.3) is 44.8 Å². The van der Waals surface area contributed by atoms with Crippen molar-refractivity contribution in [3.8, 4) is 44.8 Å². The van der Waals surface area contributed by atoms with Crippen molar-refractivity contribution in [2.45, 2.75) is 31.1 Å². The highest BCUT2D eigenvalue weighted by Gasteiger charge is 2.46. The Hall–Kier alpha value is -6.91. The second kappa shape index (κ2) is 14.2. The van der Waals surface area contributed by atoms with Crippen molar-refractivity contribution in [1.82, 2.24) is 4.98 Å². The molecule has 0 unspecified atom stereocenters. The van der Waals surface area contributed by atoms with Gasteiger partial charge in [-0.1, -0.05) is 152 Å². The number of benzene rings is 7. The Morgan fingerprint density at radius 3 is 1.81 bits per heavy atom. The first-order valence-corrected chi connectivity index (χ1v) is 20.7. The molecular weight excluding hydrogens is 705 g/mol. The monoisotopic (exact) mass is 748 g/mol. The fraction of sp³-hybridized carbons (Fsp3) is 0.130. The molecule has 58 heavy (non-hydrogen) atoms. The number of rotatable bonds is 7. The van der Waals surface area contributed by atoms with E-state index >= 15 is 0 Å². The Bertz CT molecular complexity index is 2700. The van der Waals surface area contributed by atoms with Gasteiger partial charge in [0.1, 0.15) is 0 Å². The first kappa shape index (κ1) is 34.3. The van der Waals surface area contributed by atoms with Gasteiger partial charge < -0.3 is 15.1 Å². The number of anilines is 6. The molecule has 8 aromatic rings. The summed E-state index contributed by atoms with van der Waals surface area (Å²) in [6, 6.07) is 68.5. The van der Waals surface area contributed by atoms with Crippen LogP contribution in [0.1, 0.15) is 36.8 Å². The largest absolute Gasteiger partial charge is 0.381 e. The summed E-state index contributed by atoms with van der Waals surface area (Å²) in [5, 5.41) is 3.94. The molecule has 1 spiro atoms. The minimum atomic E-state index is 0.0206. The first-order chi connectivity index (χ1) is 28.8. The number of hydrogen-bond acceptors (Lipinski definition) is 4. The second-order valence-corrected chi connectivity index (χ2v) is 15.8. The molecule has 0 bridgehead atoms. The van der Waals surface area contributed by atoms with Gasteiger partial charge in [-0.05, 0) is 83.6 Å². The molecule has 2 heterocycles. The molecule has 0 radical (unpaired) electrons. The van der Waals surface area contributed by atoms with Crippen LogP contribution in [-0.4, -0.2) is 18.1 Å². The zero-order valence-electron chi connectivity index (χ0n) is 32.5. The lowest BCUT2D eigenvalue weighted by Crippen LogP contribution is -2.30. The molecule has 1 saturated carbocycles. The number of aromatic nitrogens is 1. The Kier molecular flexibility index (Phi) is 8.43. The van der Waals surface area contributed by atoms with E-state index < -0.39 is 0 Å². The maximum Gasteiger partial charge on any atom is 0.0730 e. The minimum absolute atomic E-state index is 0.0206. The molecule has 11 rings (SSSR count). The fourth-order valence-corrected chi connectivity index (χ4v) is 10.1. The third-order valence-electron chi connectivity index (χ3n) is 12.6. The summed E-state index contributed by atoms with van der Waals surface area (Å²) in [6.07, 6.45) is 4.85. The number of para-hydroxylation sites is 3. The topological polar surface area (TPSA) is 31.4 Å². The van der Waals surface area contributed by atoms with Crippen molar-refractivity contribution in [3.05, 3.63) is 199 Å². The van der Waals surface area contributed by atoms with Crippen molar-refractivity contribution < 1.29 is 0 Å². The maximum atomic E-state index is 5.31. The molecule has 1 N–H and O–H groups in total. The van der Waals surface area contributed by atoms with Crippen LogP contribution in [0.2, 0.25) is 0 Å². The summed E-state index contributed by atoms with van der Waals surface area (Å²) < 4.78 is 0. The number of nitrogens with one attached hydrogen (secondary N) is 1. The van der Waals surface area contributed by atoms with Gasteiger partial charge in [0.25, 0.3) is 0 Å². The predicted octanol–water partition coefficient (Wildman–Crippen LogP) is 14.0. The average Bonchev–Trinajstić information content (AvgIpc) is 3.91. The maximum absolute atomic E-state index is 5.31. The molecule has 1 aromatic heterocycles. The van der Waals surface area contributed by atoms with E-state index in [0.29, 0.717) is 0 Å². The van der Waals surface area contributed by atoms with Gasteiger partial charge in [-0.3, -0.25) is 0 Å². The highest BCUT2D eigenvalue weighted by molar-refractivity contribution is 6.06. The van der Waals surface area contributed by atoms with E-state index in [4.69, 9.17) is 4.98 Å². The Labute approximate surface area is 341 Å². The molecule has 3 aliphatic rings. The molecule has 0 atom stereocenters. The van der Waals surface area contributed by atoms with Crippen molar-refractivity contribution in [2.24, 2.45) is 0 Å². The third-order valence-corrected chi connectivity index (χ3v) is 12.6. The lowest BCUT2D eigenvalue weighted by Gasteiger charge is -2.35. The standard InChI is InChI=1S/C54H44N4/c1-5-18-38(19-6-1)47-36-42(37-48(56-47)39-20-7-2-8-21-39)58(41-24-11-4-12-25-41)49-31-30-46-51(43-26-13-14-28-45(43)54(46)32-15-16-33-54)52(49)44-27-17-29-50-53(44)55-34-35-57(50)40-22-9-3-10-23-40/h1-14,17-31,36-37,55H,15-16,32-35H2. The van der Waals surface area contributed by atoms with Crippen LogP contribution in [-0.2, 0) is 5.41 Å². The van der Waals surface area contributed by atoms with Gasteiger partial charge in [0, 0.05) is 52.1 Å². The molecule has 280 valence electrons. The quantitative estimate of drug-likeness (QED) is 0.176. The number of fused-ring (bicyclic) bond motifs is 6. The zero-order chi connectivity index (χ0) is 38.5. The van der Waals surface area contributed by atoms with Gasteiger partial charge in [0.15, 0.2) is 0 Å². The summed E-state index contributed by atoms with van der Waals surface area (Å²) in [7, 11) is 0. The van der Waals surface area contributed by atoms with E-state index in [-0.39, 0.29) is 5.41 Å². The number of hydrogen-bond donors (Lipinski definition) is 1. The summed E-state index contributed by atoms with van der Waals surface area (Å²) in [5.74, 6) is 0. The van der Waals surface area contributed by atoms with Gasteiger partial charge in [-0.2, -0.15) is 0 Å². The Morgan fingerprint density at radius 2 is 1.12 bits per heavy atom. The van der Waals surface area contributed by atoms with Gasteiger partial charge in [-0.25, -0.2) is 4.98 Å². The number of pyridine rings is 1. The smallest absolute Gasteiger partial charge is 0.0730 e. The normalized spacial score (nSPS) is 14.7. The molecule has 4 nitrogen and oxygen atoms in total. The van der Waals surface area contributed by atoms with Gasteiger partial charge in [0.05, 0.1) is 34.1 Å². The molecule has 0 amide bonds. The molecular formula is C54H44N4. The lowest BCUT2D eigenvalue weighted by molar-refractivity contribution is 0.550. The highest BCUT2D eigenvalue weighted by atomic mass is 15.2. The molecule has 4 heteroatoms. The summed E-state index contributed by atoms with van der Waals surface area (Å²) >= 11 is 0. The third kappa shape index (κ3) is 5.62. The van der Waals surface area contributed by atoms with E-state index in [2.05, 4.69) is 203 Å². The Morgan fingerprint density at radius 1 is 0.517 bits per heavy atom. The van der Waals surface area contributed by atoms with Crippen LogP contribution in [0.5, 0.6) is 0 Å². The second-order valence-electron chi connectivity index (χ2n) is 15.8. The zero-order valence-corrected chi connectivity index (χ0v) is 32.5. The number of nitrogens with zero attached hydrogens (tertiary/aromatic N) is 3. The molecule has 1 aliphatic heterocycles. The lowest BCUT2D eigenvalue weighted by atomic mass is 9.76. The predicted molar refractivity (Wildman–Crippen MR) is 242 cm³/mol. The fourth-order valence-electron chi connectivity index (χ4n) is 10.1. The summed E-state index contributed by atoms with van der Waals surface area (Å²) in [6.45, 7) is 1.74. The van der Waals surface area contributed by atoms with E-state index in [1.807, 2.05) is 0 Å². The van der Waals surface area contributed by atoms with Crippen molar-refractivity contribution in [3.63, 3.8) is 0 Å². The van der Waals surface area contributed by atoms with Crippen LogP contribution in [0.4, 0.5) is 34.1 Å². The summed E-state index contributed by atoms with van der Waals surface area (Å²) in [4.78, 5) is 10.3. The first-order valence-electron chi connectivity index (χ1n) is 20.7. The van der Waals surface area contributed by atoms with E-state index in [1.165, 1.54) is 76.1 Å². The summed E-state index contributed by atoms with van der Waals surface area (Å²) in [5.41, 5.74) is 19.1.